The summed E-state index contributed by atoms with van der Waals surface area (Å²) in [7, 11) is 0. The molecule has 0 aromatic carbocycles. The average Bonchev–Trinajstić information content (AvgIpc) is 2.48. The Bertz CT molecular complexity index is 347. The molecule has 1 aliphatic carbocycles. The van der Waals surface area contributed by atoms with Crippen molar-refractivity contribution in [2.75, 3.05) is 19.8 Å². The number of carbonyl (C=O) groups excluding carboxylic acids is 1. The van der Waals surface area contributed by atoms with Crippen molar-refractivity contribution in [3.8, 4) is 0 Å². The van der Waals surface area contributed by atoms with Crippen molar-refractivity contribution in [1.29, 1.82) is 0 Å². The Morgan fingerprint density at radius 1 is 1.32 bits per heavy atom. The molecule has 4 N–H and O–H groups in total. The first-order valence-electron chi connectivity index (χ1n) is 6.67. The van der Waals surface area contributed by atoms with Gasteiger partial charge in [0.05, 0.1) is 19.8 Å². The van der Waals surface area contributed by atoms with Gasteiger partial charge in [-0.1, -0.05) is 24.4 Å². The van der Waals surface area contributed by atoms with Crippen molar-refractivity contribution in [3.63, 3.8) is 0 Å². The van der Waals surface area contributed by atoms with Crippen LogP contribution in [0.1, 0.15) is 32.1 Å². The Morgan fingerprint density at radius 2 is 2.05 bits per heavy atom. The minimum Gasteiger partial charge on any atom is -0.409 e. The number of amides is 1. The van der Waals surface area contributed by atoms with Gasteiger partial charge in [-0.3, -0.25) is 4.79 Å². The number of amidine groups is 1. The first-order chi connectivity index (χ1) is 9.18. The van der Waals surface area contributed by atoms with Gasteiger partial charge >= 0.3 is 0 Å². The third-order valence-corrected chi connectivity index (χ3v) is 3.78. The van der Waals surface area contributed by atoms with Crippen LogP contribution in [0.4, 0.5) is 0 Å². The zero-order valence-corrected chi connectivity index (χ0v) is 10.9. The van der Waals surface area contributed by atoms with E-state index in [0.29, 0.717) is 26.1 Å². The number of ether oxygens (including phenoxy) is 2. The van der Waals surface area contributed by atoms with E-state index < -0.39 is 11.6 Å². The molecule has 7 heteroatoms. The van der Waals surface area contributed by atoms with E-state index in [1.54, 1.807) is 0 Å². The fourth-order valence-corrected chi connectivity index (χ4v) is 2.65. The van der Waals surface area contributed by atoms with Crippen LogP contribution < -0.4 is 11.1 Å². The van der Waals surface area contributed by atoms with Gasteiger partial charge in [-0.2, -0.15) is 0 Å². The summed E-state index contributed by atoms with van der Waals surface area (Å²) >= 11 is 0. The van der Waals surface area contributed by atoms with E-state index in [0.717, 1.165) is 19.3 Å². The fourth-order valence-electron chi connectivity index (χ4n) is 2.65. The molecule has 2 aliphatic rings. The van der Waals surface area contributed by atoms with Crippen LogP contribution in [0, 0.1) is 0 Å². The molecule has 19 heavy (non-hydrogen) atoms. The Hall–Kier alpha value is -1.34. The van der Waals surface area contributed by atoms with Crippen LogP contribution in [0.15, 0.2) is 5.16 Å². The lowest BCUT2D eigenvalue weighted by Gasteiger charge is -2.38. The number of rotatable bonds is 3. The van der Waals surface area contributed by atoms with Gasteiger partial charge in [0.2, 0.25) is 0 Å². The quantitative estimate of drug-likeness (QED) is 0.289. The highest BCUT2D eigenvalue weighted by Crippen LogP contribution is 2.28. The van der Waals surface area contributed by atoms with E-state index in [2.05, 4.69) is 10.5 Å². The van der Waals surface area contributed by atoms with E-state index in [4.69, 9.17) is 20.4 Å². The van der Waals surface area contributed by atoms with Crippen molar-refractivity contribution in [2.45, 2.75) is 43.7 Å². The molecule has 0 radical (unpaired) electrons. The fraction of sp³-hybridized carbons (Fsp3) is 0.833. The van der Waals surface area contributed by atoms with E-state index in [1.165, 1.54) is 0 Å². The van der Waals surface area contributed by atoms with Gasteiger partial charge in [0.1, 0.15) is 5.54 Å². The maximum Gasteiger partial charge on any atom is 0.252 e. The molecule has 1 unspecified atom stereocenters. The van der Waals surface area contributed by atoms with Gasteiger partial charge in [0, 0.05) is 0 Å². The number of hydrogen-bond acceptors (Lipinski definition) is 5. The summed E-state index contributed by atoms with van der Waals surface area (Å²) in [6, 6.07) is 0. The summed E-state index contributed by atoms with van der Waals surface area (Å²) < 4.78 is 10.6. The summed E-state index contributed by atoms with van der Waals surface area (Å²) in [5, 5.41) is 14.9. The molecule has 1 atom stereocenters. The number of oxime groups is 1. The van der Waals surface area contributed by atoms with Crippen LogP contribution in [0.25, 0.3) is 0 Å². The zero-order chi connectivity index (χ0) is 13.7. The first kappa shape index (κ1) is 14.1. The van der Waals surface area contributed by atoms with E-state index in [1.807, 2.05) is 0 Å². The van der Waals surface area contributed by atoms with E-state index in [9.17, 15) is 4.79 Å². The summed E-state index contributed by atoms with van der Waals surface area (Å²) in [6.45, 7) is 1.17. The molecular weight excluding hydrogens is 250 g/mol. The third-order valence-electron chi connectivity index (χ3n) is 3.78. The zero-order valence-electron chi connectivity index (χ0n) is 10.9. The Balaban J connectivity index is 2.05. The largest absolute Gasteiger partial charge is 0.409 e. The first-order valence-corrected chi connectivity index (χ1v) is 6.67. The number of nitrogens with two attached hydrogens (primary N) is 1. The second-order valence-electron chi connectivity index (χ2n) is 5.05. The molecule has 0 aromatic heterocycles. The molecule has 1 aliphatic heterocycles. The third kappa shape index (κ3) is 3.16. The van der Waals surface area contributed by atoms with E-state index in [-0.39, 0.29) is 18.3 Å². The molecule has 1 amide bonds. The van der Waals surface area contributed by atoms with E-state index >= 15 is 0 Å². The predicted octanol–water partition coefficient (Wildman–Crippen LogP) is -0.0327. The van der Waals surface area contributed by atoms with Crippen LogP contribution in [-0.2, 0) is 14.3 Å². The van der Waals surface area contributed by atoms with Crippen LogP contribution in [0.3, 0.4) is 0 Å². The van der Waals surface area contributed by atoms with Crippen molar-refractivity contribution >= 4 is 11.7 Å². The predicted molar refractivity (Wildman–Crippen MR) is 67.9 cm³/mol. The number of carbonyl (C=O) groups is 1. The molecule has 2 rings (SSSR count). The standard InChI is InChI=1S/C12H21N3O4/c13-11(15-17)12(4-2-1-3-5-12)14-10(16)9-8-18-6-7-19-9/h9,17H,1-8H2,(H2,13,15)(H,14,16). The topological polar surface area (TPSA) is 106 Å². The highest BCUT2D eigenvalue weighted by molar-refractivity contribution is 5.95. The lowest BCUT2D eigenvalue weighted by molar-refractivity contribution is -0.149. The van der Waals surface area contributed by atoms with Crippen LogP contribution in [-0.4, -0.2) is 48.4 Å². The lowest BCUT2D eigenvalue weighted by Crippen LogP contribution is -2.61. The average molecular weight is 271 g/mol. The van der Waals surface area contributed by atoms with Gasteiger partial charge in [0.25, 0.3) is 5.91 Å². The van der Waals surface area contributed by atoms with Crippen molar-refractivity contribution < 1.29 is 19.5 Å². The molecular formula is C12H21N3O4. The van der Waals surface area contributed by atoms with Crippen LogP contribution >= 0.6 is 0 Å². The highest BCUT2D eigenvalue weighted by Gasteiger charge is 2.40. The second-order valence-corrected chi connectivity index (χ2v) is 5.05. The molecule has 0 spiro atoms. The van der Waals surface area contributed by atoms with Gasteiger partial charge in [-0.15, -0.1) is 0 Å². The maximum absolute atomic E-state index is 12.2. The van der Waals surface area contributed by atoms with Gasteiger partial charge in [0.15, 0.2) is 11.9 Å². The summed E-state index contributed by atoms with van der Waals surface area (Å²) in [4.78, 5) is 12.2. The van der Waals surface area contributed by atoms with Crippen molar-refractivity contribution in [3.05, 3.63) is 0 Å². The molecule has 1 heterocycles. The maximum atomic E-state index is 12.2. The van der Waals surface area contributed by atoms with Crippen molar-refractivity contribution in [1.82, 2.24) is 5.32 Å². The van der Waals surface area contributed by atoms with Gasteiger partial charge in [-0.25, -0.2) is 0 Å². The van der Waals surface area contributed by atoms with Crippen molar-refractivity contribution in [2.24, 2.45) is 10.9 Å². The Morgan fingerprint density at radius 3 is 2.63 bits per heavy atom. The van der Waals surface area contributed by atoms with Crippen LogP contribution in [0.2, 0.25) is 0 Å². The molecule has 108 valence electrons. The molecule has 7 nitrogen and oxygen atoms in total. The Kier molecular flexibility index (Phi) is 4.60. The molecule has 1 saturated carbocycles. The minimum atomic E-state index is -0.745. The summed E-state index contributed by atoms with van der Waals surface area (Å²) in [6.07, 6.45) is 3.74. The minimum absolute atomic E-state index is 0.0669. The van der Waals surface area contributed by atoms with Crippen LogP contribution in [0.5, 0.6) is 0 Å². The highest BCUT2D eigenvalue weighted by atomic mass is 16.6. The number of nitrogens with one attached hydrogen (secondary N) is 1. The van der Waals surface area contributed by atoms with Gasteiger partial charge < -0.3 is 25.7 Å². The smallest absolute Gasteiger partial charge is 0.252 e. The number of hydrogen-bond donors (Lipinski definition) is 3. The monoisotopic (exact) mass is 271 g/mol. The molecule has 1 saturated heterocycles. The molecule has 0 bridgehead atoms. The molecule has 2 fully saturated rings. The van der Waals surface area contributed by atoms with Gasteiger partial charge in [-0.05, 0) is 12.8 Å². The SMILES string of the molecule is NC(=NO)C1(NC(=O)C2COCCO2)CCCCC1. The lowest BCUT2D eigenvalue weighted by atomic mass is 9.80. The number of nitrogens with zero attached hydrogens (tertiary/aromatic N) is 1. The molecule has 0 aromatic rings. The Labute approximate surface area is 112 Å². The second kappa shape index (κ2) is 6.21. The summed E-state index contributed by atoms with van der Waals surface area (Å²) in [5.74, 6) is -0.189. The normalized spacial score (nSPS) is 27.8. The summed E-state index contributed by atoms with van der Waals surface area (Å²) in [5.41, 5.74) is 5.03.